The number of nitrogens with one attached hydrogen (secondary N) is 2. The van der Waals surface area contributed by atoms with E-state index in [4.69, 9.17) is 10.6 Å². The third kappa shape index (κ3) is 4.88. The van der Waals surface area contributed by atoms with Crippen LogP contribution in [0.5, 0.6) is 0 Å². The predicted octanol–water partition coefficient (Wildman–Crippen LogP) is -0.609. The average molecular weight is 565 g/mol. The lowest BCUT2D eigenvalue weighted by Crippen LogP contribution is -2.74. The number of aliphatic carboxylic acids is 1. The lowest BCUT2D eigenvalue weighted by Gasteiger charge is -2.53. The van der Waals surface area contributed by atoms with Gasteiger partial charge in [0.15, 0.2) is 10.8 Å². The minimum atomic E-state index is -1.52. The Bertz CT molecular complexity index is 1030. The van der Waals surface area contributed by atoms with Crippen molar-refractivity contribution < 1.29 is 38.7 Å². The number of hydrogen-bond donors (Lipinski definition) is 4. The highest BCUT2D eigenvalue weighted by atomic mass is 79.9. The molecule has 3 heterocycles. The van der Waals surface area contributed by atoms with Crippen LogP contribution in [-0.2, 0) is 28.8 Å². The van der Waals surface area contributed by atoms with Gasteiger partial charge in [-0.25, -0.2) is 9.78 Å². The summed E-state index contributed by atoms with van der Waals surface area (Å²) in [5, 5.41) is 17.9. The fourth-order valence-corrected chi connectivity index (χ4v) is 6.08. The van der Waals surface area contributed by atoms with Crippen molar-refractivity contribution in [2.45, 2.75) is 11.4 Å². The number of carboxylic acids is 1. The molecule has 0 radical (unpaired) electrons. The number of carbonyl (C=O) groups is 5. The van der Waals surface area contributed by atoms with Gasteiger partial charge in [-0.05, 0) is 15.9 Å². The zero-order chi connectivity index (χ0) is 24.3. The highest BCUT2D eigenvalue weighted by molar-refractivity contribution is 9.11. The first kappa shape index (κ1) is 24.7. The van der Waals surface area contributed by atoms with Crippen molar-refractivity contribution >= 4 is 80.2 Å². The Kier molecular flexibility index (Phi) is 7.43. The van der Waals surface area contributed by atoms with Gasteiger partial charge in [0, 0.05) is 12.3 Å². The van der Waals surface area contributed by atoms with Crippen LogP contribution in [0.25, 0.3) is 0 Å². The average Bonchev–Trinajstić information content (AvgIpc) is 3.13. The number of nitrogens with two attached hydrogens (primary N) is 1. The number of nitrogens with zero attached hydrogens (tertiary/aromatic N) is 3. The number of carbonyl (C=O) groups excluding carboxylic acids is 4. The molecule has 3 atom stereocenters. The smallest absolute Gasteiger partial charge is 0.404 e. The van der Waals surface area contributed by atoms with E-state index < -0.39 is 47.3 Å². The lowest BCUT2D eigenvalue weighted by molar-refractivity contribution is -0.160. The first-order valence-corrected chi connectivity index (χ1v) is 11.7. The van der Waals surface area contributed by atoms with Gasteiger partial charge in [0.1, 0.15) is 40.0 Å². The number of anilines is 1. The first-order chi connectivity index (χ1) is 15.6. The van der Waals surface area contributed by atoms with Crippen LogP contribution in [0.1, 0.15) is 5.69 Å². The zero-order valence-corrected chi connectivity index (χ0v) is 20.0. The molecule has 2 unspecified atom stereocenters. The number of ether oxygens (including phenoxy) is 1. The summed E-state index contributed by atoms with van der Waals surface area (Å²) in [5.74, 6) is -2.49. The largest absolute Gasteiger partial charge is 0.481 e. The van der Waals surface area contributed by atoms with E-state index in [-0.39, 0.29) is 28.8 Å². The van der Waals surface area contributed by atoms with E-state index in [9.17, 15) is 29.1 Å². The monoisotopic (exact) mass is 564 g/mol. The van der Waals surface area contributed by atoms with Gasteiger partial charge in [0.05, 0.1) is 0 Å². The molecular weight excluding hydrogens is 548 g/mol. The molecule has 0 spiro atoms. The number of fused-ring (bicyclic) bond motifs is 1. The Morgan fingerprint density at radius 2 is 2.21 bits per heavy atom. The van der Waals surface area contributed by atoms with Gasteiger partial charge in [-0.2, -0.15) is 0 Å². The number of hydrogen-bond acceptors (Lipinski definition) is 11. The van der Waals surface area contributed by atoms with Crippen molar-refractivity contribution in [3.8, 4) is 0 Å². The molecule has 4 amide bonds. The standard InChI is InChI=1S/C16H17BrN6O8S2/c1-30-22-7(6-9(17)33-15(21-6)19-5-24)10(25)20-8-11(26)23-2-16(13(27)28,3-31-14(18)29)4-32-12(8)23/h5,8,12H,2-4H2,1H3,(H2,18,29)(H,20,25)(H,27,28)(H,19,21,24)/t8?,12-,16?/m1/s1. The van der Waals surface area contributed by atoms with E-state index in [0.29, 0.717) is 10.2 Å². The van der Waals surface area contributed by atoms with Crippen LogP contribution in [0, 0.1) is 5.41 Å². The highest BCUT2D eigenvalue weighted by Crippen LogP contribution is 2.42. The second kappa shape index (κ2) is 9.92. The molecule has 0 bridgehead atoms. The number of aromatic nitrogens is 1. The van der Waals surface area contributed by atoms with E-state index in [0.717, 1.165) is 23.1 Å². The van der Waals surface area contributed by atoms with E-state index in [1.807, 2.05) is 0 Å². The fraction of sp³-hybridized carbons (Fsp3) is 0.438. The molecule has 33 heavy (non-hydrogen) atoms. The summed E-state index contributed by atoms with van der Waals surface area (Å²) in [6, 6.07) is -0.946. The molecule has 17 heteroatoms. The van der Waals surface area contributed by atoms with Crippen molar-refractivity contribution in [2.75, 3.05) is 31.3 Å². The van der Waals surface area contributed by atoms with Crippen LogP contribution in [0.15, 0.2) is 8.94 Å². The third-order valence-electron chi connectivity index (χ3n) is 4.77. The van der Waals surface area contributed by atoms with E-state index in [1.54, 1.807) is 0 Å². The summed E-state index contributed by atoms with van der Waals surface area (Å²) in [4.78, 5) is 69.1. The molecule has 0 saturated carbocycles. The van der Waals surface area contributed by atoms with Crippen molar-refractivity contribution in [2.24, 2.45) is 16.3 Å². The number of primary amides is 1. The molecule has 14 nitrogen and oxygen atoms in total. The third-order valence-corrected chi connectivity index (χ3v) is 7.99. The van der Waals surface area contributed by atoms with Crippen LogP contribution < -0.4 is 16.4 Å². The van der Waals surface area contributed by atoms with Gasteiger partial charge in [-0.15, -0.1) is 11.8 Å². The number of halogens is 1. The summed E-state index contributed by atoms with van der Waals surface area (Å²) in [5.41, 5.74) is 3.28. The number of thiazole rings is 1. The summed E-state index contributed by atoms with van der Waals surface area (Å²) in [6.45, 7) is -0.701. The van der Waals surface area contributed by atoms with E-state index >= 15 is 0 Å². The lowest BCUT2D eigenvalue weighted by atomic mass is 9.88. The summed E-state index contributed by atoms with van der Waals surface area (Å²) in [7, 11) is 1.23. The number of β-lactam (4-membered cyclic amide) rings is 1. The summed E-state index contributed by atoms with van der Waals surface area (Å²) >= 11 is 5.41. The molecule has 178 valence electrons. The minimum absolute atomic E-state index is 0.0216. The Balaban J connectivity index is 1.72. The molecule has 0 aliphatic carbocycles. The predicted molar refractivity (Wildman–Crippen MR) is 119 cm³/mol. The van der Waals surface area contributed by atoms with Crippen LogP contribution in [0.4, 0.5) is 9.93 Å². The zero-order valence-electron chi connectivity index (χ0n) is 16.8. The minimum Gasteiger partial charge on any atom is -0.481 e. The molecule has 2 saturated heterocycles. The SMILES string of the molecule is CON=C(C(=O)NC1C(=O)N2CC(COC(N)=O)(C(=O)O)CS[C@H]12)c1nc(NC=O)sc1Br. The van der Waals surface area contributed by atoms with Crippen LogP contribution in [0.3, 0.4) is 0 Å². The van der Waals surface area contributed by atoms with Gasteiger partial charge >= 0.3 is 12.1 Å². The molecule has 2 aliphatic heterocycles. The van der Waals surface area contributed by atoms with Gasteiger partial charge in [0.2, 0.25) is 12.3 Å². The van der Waals surface area contributed by atoms with Crippen LogP contribution in [0.2, 0.25) is 0 Å². The Morgan fingerprint density at radius 3 is 2.82 bits per heavy atom. The molecule has 1 aromatic rings. The second-order valence-electron chi connectivity index (χ2n) is 6.84. The molecule has 0 aromatic carbocycles. The second-order valence-corrected chi connectivity index (χ2v) is 10.3. The maximum atomic E-state index is 12.9. The molecule has 5 N–H and O–H groups in total. The van der Waals surface area contributed by atoms with Crippen molar-refractivity contribution in [1.82, 2.24) is 15.2 Å². The molecule has 3 rings (SSSR count). The van der Waals surface area contributed by atoms with Gasteiger partial charge in [0.25, 0.3) is 5.91 Å². The highest BCUT2D eigenvalue weighted by Gasteiger charge is 2.58. The fourth-order valence-electron chi connectivity index (χ4n) is 3.17. The number of rotatable bonds is 9. The molecule has 2 aliphatic rings. The number of thioether (sulfide) groups is 1. The van der Waals surface area contributed by atoms with Crippen molar-refractivity contribution in [3.05, 3.63) is 9.48 Å². The Hall–Kier alpha value is -2.92. The van der Waals surface area contributed by atoms with Crippen molar-refractivity contribution in [3.63, 3.8) is 0 Å². The molecule has 2 fully saturated rings. The van der Waals surface area contributed by atoms with Gasteiger partial charge in [-0.1, -0.05) is 16.5 Å². The van der Waals surface area contributed by atoms with E-state index in [2.05, 4.69) is 41.4 Å². The molecular formula is C16H17BrN6O8S2. The summed E-state index contributed by atoms with van der Waals surface area (Å²) < 4.78 is 5.08. The van der Waals surface area contributed by atoms with Gasteiger partial charge < -0.3 is 35.9 Å². The normalized spacial score (nSPS) is 24.2. The first-order valence-electron chi connectivity index (χ1n) is 9.00. The van der Waals surface area contributed by atoms with Gasteiger partial charge in [-0.3, -0.25) is 19.2 Å². The molecule has 1 aromatic heterocycles. The maximum absolute atomic E-state index is 12.9. The van der Waals surface area contributed by atoms with Crippen LogP contribution >= 0.6 is 39.0 Å². The Morgan fingerprint density at radius 1 is 1.48 bits per heavy atom. The number of amides is 4. The maximum Gasteiger partial charge on any atom is 0.404 e. The number of carboxylic acid groups (broad SMARTS) is 1. The number of oxime groups is 1. The Labute approximate surface area is 202 Å². The van der Waals surface area contributed by atoms with Crippen molar-refractivity contribution in [1.29, 1.82) is 0 Å². The quantitative estimate of drug-likeness (QED) is 0.129. The topological polar surface area (TPSA) is 203 Å². The summed E-state index contributed by atoms with van der Waals surface area (Å²) in [6.07, 6.45) is -0.692. The van der Waals surface area contributed by atoms with Crippen LogP contribution in [-0.4, -0.2) is 88.4 Å². The van der Waals surface area contributed by atoms with E-state index in [1.165, 1.54) is 12.0 Å².